The van der Waals surface area contributed by atoms with Crippen molar-refractivity contribution in [1.82, 2.24) is 4.98 Å². The summed E-state index contributed by atoms with van der Waals surface area (Å²) in [5.41, 5.74) is 0.853. The maximum atomic E-state index is 13.0. The summed E-state index contributed by atoms with van der Waals surface area (Å²) in [7, 11) is -3.66. The van der Waals surface area contributed by atoms with Gasteiger partial charge in [0.25, 0.3) is 5.69 Å². The Balaban J connectivity index is 1.97. The van der Waals surface area contributed by atoms with Crippen LogP contribution in [-0.2, 0) is 13.8 Å². The van der Waals surface area contributed by atoms with Crippen LogP contribution in [0.25, 0.3) is 11.1 Å². The number of aryl methyl sites for hydroxylation is 2. The number of pyridine rings is 1. The van der Waals surface area contributed by atoms with Gasteiger partial charge in [0, 0.05) is 11.5 Å². The number of carbonyl (C=O) groups excluding carboxylic acids is 1. The van der Waals surface area contributed by atoms with E-state index in [1.54, 1.807) is 39.0 Å². The molecule has 0 atom stereocenters. The second-order valence-electron chi connectivity index (χ2n) is 8.30. The molecule has 2 fully saturated rings. The Labute approximate surface area is 186 Å². The van der Waals surface area contributed by atoms with Crippen LogP contribution in [0.2, 0.25) is 0 Å². The maximum absolute atomic E-state index is 13.0. The molecule has 1 aliphatic heterocycles. The average molecular weight is 461 g/mol. The van der Waals surface area contributed by atoms with Crippen LogP contribution in [0.15, 0.2) is 24.3 Å². The molecule has 2 aliphatic rings. The van der Waals surface area contributed by atoms with E-state index in [9.17, 15) is 19.8 Å². The molecule has 0 radical (unpaired) electrons. The van der Waals surface area contributed by atoms with E-state index in [0.717, 1.165) is 19.3 Å². The number of benzene rings is 1. The fourth-order valence-electron chi connectivity index (χ4n) is 4.37. The monoisotopic (exact) mass is 461 g/mol. The molecule has 10 heteroatoms. The number of nitrogens with zero attached hydrogens (tertiary/aromatic N) is 2. The number of rotatable bonds is 5. The predicted molar refractivity (Wildman–Crippen MR) is 119 cm³/mol. The van der Waals surface area contributed by atoms with Crippen LogP contribution in [0.5, 0.6) is 0 Å². The second-order valence-corrected chi connectivity index (χ2v) is 10.3. The van der Waals surface area contributed by atoms with Crippen molar-refractivity contribution in [2.75, 3.05) is 19.8 Å². The summed E-state index contributed by atoms with van der Waals surface area (Å²) in [4.78, 5) is 40.3. The summed E-state index contributed by atoms with van der Waals surface area (Å²) in [6.07, 6.45) is 3.01. The Morgan fingerprint density at radius 3 is 2.47 bits per heavy atom. The first-order valence-corrected chi connectivity index (χ1v) is 12.1. The van der Waals surface area contributed by atoms with E-state index in [0.29, 0.717) is 24.6 Å². The van der Waals surface area contributed by atoms with Gasteiger partial charge in [-0.05, 0) is 39.7 Å². The van der Waals surface area contributed by atoms with Crippen LogP contribution in [-0.4, -0.2) is 40.6 Å². The second kappa shape index (κ2) is 8.48. The SMILES string of the molecule is CCOC(=O)c1c(C)nc(C)c([P+]2(O)OCC3(CCC3)CO2)c1-c1ccccc1[N+](=O)[O-]. The van der Waals surface area contributed by atoms with Crippen LogP contribution in [0.4, 0.5) is 5.69 Å². The zero-order valence-electron chi connectivity index (χ0n) is 18.3. The fourth-order valence-corrected chi connectivity index (χ4v) is 6.57. The third-order valence-corrected chi connectivity index (χ3v) is 8.24. The summed E-state index contributed by atoms with van der Waals surface area (Å²) >= 11 is 0. The third kappa shape index (κ3) is 3.79. The highest BCUT2D eigenvalue weighted by Crippen LogP contribution is 2.64. The van der Waals surface area contributed by atoms with Crippen molar-refractivity contribution in [1.29, 1.82) is 0 Å². The van der Waals surface area contributed by atoms with E-state index in [1.807, 2.05) is 0 Å². The van der Waals surface area contributed by atoms with Crippen molar-refractivity contribution in [2.45, 2.75) is 40.0 Å². The average Bonchev–Trinajstić information content (AvgIpc) is 2.72. The first-order chi connectivity index (χ1) is 15.2. The van der Waals surface area contributed by atoms with Crippen molar-refractivity contribution in [3.8, 4) is 11.1 Å². The lowest BCUT2D eigenvalue weighted by Gasteiger charge is -2.43. The molecular weight excluding hydrogens is 435 g/mol. The lowest BCUT2D eigenvalue weighted by atomic mass is 9.70. The molecule has 0 unspecified atom stereocenters. The number of nitro benzene ring substituents is 1. The summed E-state index contributed by atoms with van der Waals surface area (Å²) in [5, 5.41) is 12.0. The van der Waals surface area contributed by atoms with Gasteiger partial charge in [-0.2, -0.15) is 13.9 Å². The molecule has 1 aromatic carbocycles. The van der Waals surface area contributed by atoms with Gasteiger partial charge in [0.15, 0.2) is 0 Å². The summed E-state index contributed by atoms with van der Waals surface area (Å²) in [6, 6.07) is 6.08. The first kappa shape index (κ1) is 22.7. The molecule has 1 aliphatic carbocycles. The van der Waals surface area contributed by atoms with Gasteiger partial charge in [0.1, 0.15) is 13.2 Å². The molecule has 1 spiro atoms. The zero-order chi connectivity index (χ0) is 23.1. The molecule has 170 valence electrons. The minimum Gasteiger partial charge on any atom is -0.462 e. The highest BCUT2D eigenvalue weighted by molar-refractivity contribution is 7.69. The van der Waals surface area contributed by atoms with Crippen molar-refractivity contribution < 1.29 is 28.4 Å². The van der Waals surface area contributed by atoms with E-state index in [2.05, 4.69) is 4.98 Å². The number of nitro groups is 1. The molecule has 32 heavy (non-hydrogen) atoms. The molecule has 4 rings (SSSR count). The van der Waals surface area contributed by atoms with E-state index >= 15 is 0 Å². The Morgan fingerprint density at radius 1 is 1.25 bits per heavy atom. The van der Waals surface area contributed by atoms with Gasteiger partial charge in [-0.25, -0.2) is 4.79 Å². The van der Waals surface area contributed by atoms with E-state index in [-0.39, 0.29) is 39.7 Å². The third-order valence-electron chi connectivity index (χ3n) is 6.16. The molecule has 0 bridgehead atoms. The van der Waals surface area contributed by atoms with E-state index in [1.165, 1.54) is 6.07 Å². The lowest BCUT2D eigenvalue weighted by Crippen LogP contribution is -2.44. The van der Waals surface area contributed by atoms with E-state index < -0.39 is 18.8 Å². The summed E-state index contributed by atoms with van der Waals surface area (Å²) in [5.74, 6) is -0.675. The number of para-hydroxylation sites is 1. The number of ether oxygens (including phenoxy) is 1. The van der Waals surface area contributed by atoms with Gasteiger partial charge in [0.05, 0.1) is 39.6 Å². The summed E-state index contributed by atoms with van der Waals surface area (Å²) < 4.78 is 17.2. The summed E-state index contributed by atoms with van der Waals surface area (Å²) in [6.45, 7) is 5.76. The molecule has 1 saturated heterocycles. The largest absolute Gasteiger partial charge is 0.462 e. The van der Waals surface area contributed by atoms with Crippen molar-refractivity contribution in [2.24, 2.45) is 5.41 Å². The van der Waals surface area contributed by atoms with Gasteiger partial charge in [0.2, 0.25) is 5.30 Å². The molecule has 1 N–H and O–H groups in total. The molecule has 1 aromatic heterocycles. The van der Waals surface area contributed by atoms with Crippen LogP contribution < -0.4 is 5.30 Å². The molecular formula is C22H26N2O7P+. The molecule has 9 nitrogen and oxygen atoms in total. The fraction of sp³-hybridized carbons (Fsp3) is 0.455. The normalized spacial score (nSPS) is 18.8. The highest BCUT2D eigenvalue weighted by Gasteiger charge is 2.58. The highest BCUT2D eigenvalue weighted by atomic mass is 31.2. The van der Waals surface area contributed by atoms with Crippen LogP contribution in [0.1, 0.15) is 47.9 Å². The minimum absolute atomic E-state index is 0.0614. The maximum Gasteiger partial charge on any atom is 0.448 e. The quantitative estimate of drug-likeness (QED) is 0.306. The predicted octanol–water partition coefficient (Wildman–Crippen LogP) is 4.05. The number of hydrogen-bond acceptors (Lipinski definition) is 8. The Kier molecular flexibility index (Phi) is 6.02. The van der Waals surface area contributed by atoms with Crippen molar-refractivity contribution >= 4 is 24.9 Å². The Bertz CT molecular complexity index is 1070. The topological polar surface area (TPSA) is 121 Å². The molecule has 1 saturated carbocycles. The molecule has 2 heterocycles. The Morgan fingerprint density at radius 2 is 1.91 bits per heavy atom. The smallest absolute Gasteiger partial charge is 0.448 e. The van der Waals surface area contributed by atoms with Crippen LogP contribution in [0.3, 0.4) is 0 Å². The number of hydrogen-bond donors (Lipinski definition) is 1. The minimum atomic E-state index is -3.66. The number of esters is 1. The van der Waals surface area contributed by atoms with Gasteiger partial charge in [-0.3, -0.25) is 15.1 Å². The van der Waals surface area contributed by atoms with Gasteiger partial charge < -0.3 is 4.74 Å². The first-order valence-electron chi connectivity index (χ1n) is 10.5. The number of aromatic nitrogens is 1. The molecule has 2 aromatic rings. The van der Waals surface area contributed by atoms with Crippen LogP contribution >= 0.6 is 7.94 Å². The van der Waals surface area contributed by atoms with Crippen LogP contribution in [0, 0.1) is 29.4 Å². The standard InChI is InChI=1S/C22H26N2O7P/c1-4-29-21(25)18-14(2)23-15(3)20(19(18)16-8-5-6-9-17(16)24(26)27)32(28)30-12-22(13-31-32)10-7-11-22/h5-6,8-9,28H,4,7,10-13H2,1-3H3/q+1. The lowest BCUT2D eigenvalue weighted by molar-refractivity contribution is -0.384. The number of carbonyl (C=O) groups is 1. The Hall–Kier alpha value is -2.45. The van der Waals surface area contributed by atoms with Gasteiger partial charge in [-0.1, -0.05) is 18.6 Å². The van der Waals surface area contributed by atoms with Gasteiger partial charge in [-0.15, -0.1) is 0 Å². The zero-order valence-corrected chi connectivity index (χ0v) is 19.2. The van der Waals surface area contributed by atoms with E-state index in [4.69, 9.17) is 13.8 Å². The van der Waals surface area contributed by atoms with Crippen molar-refractivity contribution in [3.05, 3.63) is 51.3 Å². The molecule has 0 amide bonds. The van der Waals surface area contributed by atoms with Crippen molar-refractivity contribution in [3.63, 3.8) is 0 Å². The van der Waals surface area contributed by atoms with Gasteiger partial charge >= 0.3 is 13.9 Å².